The van der Waals surface area contributed by atoms with Crippen LogP contribution in [-0.4, -0.2) is 56.5 Å². The van der Waals surface area contributed by atoms with Gasteiger partial charge in [0.25, 0.3) is 0 Å². The molecule has 0 saturated carbocycles. The van der Waals surface area contributed by atoms with Crippen LogP contribution in [-0.2, 0) is 9.84 Å². The van der Waals surface area contributed by atoms with Crippen molar-refractivity contribution in [1.82, 2.24) is 10.2 Å². The Hall–Kier alpha value is -0.130. The molecule has 2 atom stereocenters. The van der Waals surface area contributed by atoms with E-state index in [1.165, 1.54) is 6.42 Å². The minimum absolute atomic E-state index is 0.119. The molecule has 2 aliphatic rings. The summed E-state index contributed by atoms with van der Waals surface area (Å²) in [7, 11) is -0.785. The summed E-state index contributed by atoms with van der Waals surface area (Å²) in [6, 6.07) is 0.247. The van der Waals surface area contributed by atoms with Crippen LogP contribution < -0.4 is 5.32 Å². The number of rotatable bonds is 3. The van der Waals surface area contributed by atoms with Gasteiger partial charge in [0.05, 0.1) is 11.5 Å². The first kappa shape index (κ1) is 13.3. The highest BCUT2D eigenvalue weighted by atomic mass is 32.2. The molecular weight excluding hydrogens is 236 g/mol. The summed E-state index contributed by atoms with van der Waals surface area (Å²) in [6.07, 6.45) is 1.99. The molecule has 2 saturated heterocycles. The van der Waals surface area contributed by atoms with Crippen molar-refractivity contribution < 1.29 is 8.42 Å². The number of sulfone groups is 1. The Morgan fingerprint density at radius 3 is 2.59 bits per heavy atom. The largest absolute Gasteiger partial charge is 0.319 e. The van der Waals surface area contributed by atoms with E-state index in [-0.39, 0.29) is 11.6 Å². The highest BCUT2D eigenvalue weighted by Gasteiger charge is 2.46. The van der Waals surface area contributed by atoms with Gasteiger partial charge in [-0.15, -0.1) is 0 Å². The highest BCUT2D eigenvalue weighted by molar-refractivity contribution is 7.91. The van der Waals surface area contributed by atoms with Crippen LogP contribution in [0, 0.1) is 5.92 Å². The smallest absolute Gasteiger partial charge is 0.151 e. The molecule has 1 N–H and O–H groups in total. The van der Waals surface area contributed by atoms with Crippen molar-refractivity contribution in [2.45, 2.75) is 38.3 Å². The first-order valence-corrected chi connectivity index (χ1v) is 8.31. The SMILES string of the molecule is CNCC1CCN(C2CCS(=O)(=O)C2)C1(C)C. The molecular formula is C12H24N2O2S. The summed E-state index contributed by atoms with van der Waals surface area (Å²) in [4.78, 5) is 2.43. The lowest BCUT2D eigenvalue weighted by Gasteiger charge is -2.39. The monoisotopic (exact) mass is 260 g/mol. The van der Waals surface area contributed by atoms with Crippen molar-refractivity contribution in [3.05, 3.63) is 0 Å². The Kier molecular flexibility index (Phi) is 3.54. The lowest BCUT2D eigenvalue weighted by molar-refractivity contribution is 0.0993. The van der Waals surface area contributed by atoms with Crippen molar-refractivity contribution >= 4 is 9.84 Å². The van der Waals surface area contributed by atoms with Gasteiger partial charge >= 0.3 is 0 Å². The lowest BCUT2D eigenvalue weighted by atomic mass is 9.87. The lowest BCUT2D eigenvalue weighted by Crippen LogP contribution is -2.50. The van der Waals surface area contributed by atoms with E-state index >= 15 is 0 Å². The standard InChI is InChI=1S/C12H24N2O2S/c1-12(2)10(8-13-3)4-6-14(12)11-5-7-17(15,16)9-11/h10-11,13H,4-9H2,1-3H3. The number of hydrogen-bond acceptors (Lipinski definition) is 4. The van der Waals surface area contributed by atoms with Gasteiger partial charge in [0, 0.05) is 11.6 Å². The molecule has 0 aromatic rings. The van der Waals surface area contributed by atoms with E-state index in [4.69, 9.17) is 0 Å². The molecule has 2 heterocycles. The molecule has 17 heavy (non-hydrogen) atoms. The molecule has 0 bridgehead atoms. The zero-order valence-electron chi connectivity index (χ0n) is 11.1. The van der Waals surface area contributed by atoms with Crippen LogP contribution in [0.3, 0.4) is 0 Å². The normalized spacial score (nSPS) is 36.4. The van der Waals surface area contributed by atoms with Crippen molar-refractivity contribution in [3.8, 4) is 0 Å². The first-order chi connectivity index (χ1) is 7.87. The quantitative estimate of drug-likeness (QED) is 0.802. The van der Waals surface area contributed by atoms with Gasteiger partial charge in [-0.2, -0.15) is 0 Å². The molecule has 0 spiro atoms. The third-order valence-electron chi connectivity index (χ3n) is 4.56. The van der Waals surface area contributed by atoms with Gasteiger partial charge in [0.2, 0.25) is 0 Å². The Balaban J connectivity index is 2.08. The van der Waals surface area contributed by atoms with Crippen LogP contribution >= 0.6 is 0 Å². The van der Waals surface area contributed by atoms with Gasteiger partial charge in [-0.05, 0) is 52.7 Å². The first-order valence-electron chi connectivity index (χ1n) is 6.48. The fourth-order valence-corrected chi connectivity index (χ4v) is 5.17. The Labute approximate surface area is 105 Å². The third kappa shape index (κ3) is 2.51. The predicted molar refractivity (Wildman–Crippen MR) is 69.9 cm³/mol. The fraction of sp³-hybridized carbons (Fsp3) is 1.00. The highest BCUT2D eigenvalue weighted by Crippen LogP contribution is 2.38. The van der Waals surface area contributed by atoms with Crippen LogP contribution in [0.1, 0.15) is 26.7 Å². The third-order valence-corrected chi connectivity index (χ3v) is 6.31. The minimum Gasteiger partial charge on any atom is -0.319 e. The Morgan fingerprint density at radius 1 is 1.35 bits per heavy atom. The van der Waals surface area contributed by atoms with Crippen LogP contribution in [0.15, 0.2) is 0 Å². The molecule has 2 unspecified atom stereocenters. The second-order valence-corrected chi connectivity index (χ2v) is 8.18. The van der Waals surface area contributed by atoms with E-state index in [1.54, 1.807) is 0 Å². The van der Waals surface area contributed by atoms with Crippen molar-refractivity contribution in [2.75, 3.05) is 31.6 Å². The van der Waals surface area contributed by atoms with E-state index in [2.05, 4.69) is 24.1 Å². The summed E-state index contributed by atoms with van der Waals surface area (Å²) in [5.41, 5.74) is 0.119. The molecule has 5 heteroatoms. The molecule has 0 aromatic carbocycles. The molecule has 2 aliphatic heterocycles. The maximum absolute atomic E-state index is 11.6. The topological polar surface area (TPSA) is 49.4 Å². The minimum atomic E-state index is -2.77. The number of hydrogen-bond donors (Lipinski definition) is 1. The second-order valence-electron chi connectivity index (χ2n) is 5.95. The van der Waals surface area contributed by atoms with Crippen LogP contribution in [0.5, 0.6) is 0 Å². The second kappa shape index (κ2) is 4.52. The summed E-state index contributed by atoms with van der Waals surface area (Å²) < 4.78 is 23.2. The fourth-order valence-electron chi connectivity index (χ4n) is 3.44. The number of nitrogens with zero attached hydrogens (tertiary/aromatic N) is 1. The van der Waals surface area contributed by atoms with Gasteiger partial charge in [0.1, 0.15) is 0 Å². The molecule has 0 aliphatic carbocycles. The van der Waals surface area contributed by atoms with E-state index < -0.39 is 9.84 Å². The van der Waals surface area contributed by atoms with E-state index in [0.29, 0.717) is 17.4 Å². The molecule has 4 nitrogen and oxygen atoms in total. The van der Waals surface area contributed by atoms with Gasteiger partial charge in [-0.3, -0.25) is 4.90 Å². The number of likely N-dealkylation sites (tertiary alicyclic amines) is 1. The zero-order chi connectivity index (χ0) is 12.7. The average Bonchev–Trinajstić information content (AvgIpc) is 2.69. The molecule has 2 rings (SSSR count). The average molecular weight is 260 g/mol. The Bertz CT molecular complexity index is 378. The molecule has 100 valence electrons. The van der Waals surface area contributed by atoms with E-state index in [1.807, 2.05) is 7.05 Å². The van der Waals surface area contributed by atoms with Crippen LogP contribution in [0.2, 0.25) is 0 Å². The van der Waals surface area contributed by atoms with Gasteiger partial charge in [-0.1, -0.05) is 0 Å². The maximum Gasteiger partial charge on any atom is 0.151 e. The molecule has 0 aromatic heterocycles. The van der Waals surface area contributed by atoms with Gasteiger partial charge in [-0.25, -0.2) is 8.42 Å². The molecule has 2 fully saturated rings. The summed E-state index contributed by atoms with van der Waals surface area (Å²) in [5.74, 6) is 1.36. The van der Waals surface area contributed by atoms with Crippen LogP contribution in [0.25, 0.3) is 0 Å². The van der Waals surface area contributed by atoms with Crippen molar-refractivity contribution in [1.29, 1.82) is 0 Å². The van der Waals surface area contributed by atoms with Crippen molar-refractivity contribution in [3.63, 3.8) is 0 Å². The van der Waals surface area contributed by atoms with Crippen molar-refractivity contribution in [2.24, 2.45) is 5.92 Å². The summed E-state index contributed by atoms with van der Waals surface area (Å²) in [6.45, 7) is 6.57. The Morgan fingerprint density at radius 2 is 2.06 bits per heavy atom. The number of nitrogens with one attached hydrogen (secondary N) is 1. The van der Waals surface area contributed by atoms with E-state index in [0.717, 1.165) is 19.5 Å². The predicted octanol–water partition coefficient (Wildman–Crippen LogP) is 0.493. The van der Waals surface area contributed by atoms with Crippen LogP contribution in [0.4, 0.5) is 0 Å². The van der Waals surface area contributed by atoms with Gasteiger partial charge < -0.3 is 5.32 Å². The summed E-state index contributed by atoms with van der Waals surface area (Å²) in [5, 5.41) is 3.25. The van der Waals surface area contributed by atoms with E-state index in [9.17, 15) is 8.42 Å². The van der Waals surface area contributed by atoms with Gasteiger partial charge in [0.15, 0.2) is 9.84 Å². The molecule has 0 radical (unpaired) electrons. The zero-order valence-corrected chi connectivity index (χ0v) is 11.9. The molecule has 0 amide bonds. The maximum atomic E-state index is 11.6. The summed E-state index contributed by atoms with van der Waals surface area (Å²) >= 11 is 0.